The minimum Gasteiger partial charge on any atom is -0.493 e. The summed E-state index contributed by atoms with van der Waals surface area (Å²) in [6.45, 7) is 11.0. The number of carbonyl (C=O) groups is 1. The number of hydrogen-bond donors (Lipinski definition) is 2. The summed E-state index contributed by atoms with van der Waals surface area (Å²) in [7, 11) is 0. The van der Waals surface area contributed by atoms with Gasteiger partial charge in [-0.05, 0) is 78.1 Å². The number of aryl methyl sites for hydroxylation is 2. The first kappa shape index (κ1) is 18.3. The van der Waals surface area contributed by atoms with E-state index in [2.05, 4.69) is 63.3 Å². The Morgan fingerprint density at radius 2 is 1.85 bits per heavy atom. The van der Waals surface area contributed by atoms with Gasteiger partial charge in [-0.15, -0.1) is 0 Å². The van der Waals surface area contributed by atoms with Crippen LogP contribution in [0.5, 0.6) is 5.75 Å². The second-order valence-corrected chi connectivity index (χ2v) is 7.83. The summed E-state index contributed by atoms with van der Waals surface area (Å²) < 4.78 is 5.75. The van der Waals surface area contributed by atoms with Crippen molar-refractivity contribution >= 4 is 6.09 Å². The van der Waals surface area contributed by atoms with Gasteiger partial charge < -0.3 is 15.2 Å². The Morgan fingerprint density at radius 1 is 1.19 bits per heavy atom. The molecule has 1 amide bonds. The van der Waals surface area contributed by atoms with Crippen LogP contribution in [0.1, 0.15) is 49.1 Å². The number of fused-ring (bicyclic) bond motifs is 1. The molecule has 0 aromatic heterocycles. The van der Waals surface area contributed by atoms with Crippen LogP contribution < -0.4 is 10.1 Å². The number of carboxylic acid groups (broad SMARTS) is 1. The zero-order chi connectivity index (χ0) is 19.1. The van der Waals surface area contributed by atoms with Gasteiger partial charge in [0.25, 0.3) is 0 Å². The molecule has 2 aromatic carbocycles. The fourth-order valence-corrected chi connectivity index (χ4v) is 4.12. The van der Waals surface area contributed by atoms with E-state index >= 15 is 0 Å². The number of benzene rings is 2. The van der Waals surface area contributed by atoms with E-state index in [0.29, 0.717) is 6.61 Å². The van der Waals surface area contributed by atoms with Crippen molar-refractivity contribution in [2.75, 3.05) is 6.61 Å². The minimum absolute atomic E-state index is 0.135. The molecule has 0 saturated heterocycles. The third-order valence-electron chi connectivity index (χ3n) is 5.23. The first-order valence-corrected chi connectivity index (χ1v) is 9.09. The van der Waals surface area contributed by atoms with Crippen LogP contribution in [0.25, 0.3) is 11.1 Å². The largest absolute Gasteiger partial charge is 0.493 e. The standard InChI is InChI=1S/C22H27NO3/c1-6-26-19-13(2)9-16(10-14(19)3)15-7-8-18-17(11-15)12-22(4,5)20(18)23-21(24)25/h7-11,20,23H,6,12H2,1-5H3,(H,24,25)/t20-/m0/s1. The summed E-state index contributed by atoms with van der Waals surface area (Å²) >= 11 is 0. The average Bonchev–Trinajstić information content (AvgIpc) is 2.79. The van der Waals surface area contributed by atoms with Gasteiger partial charge in [-0.3, -0.25) is 0 Å². The van der Waals surface area contributed by atoms with Crippen LogP contribution in [0, 0.1) is 19.3 Å². The number of ether oxygens (including phenoxy) is 1. The third kappa shape index (κ3) is 3.28. The van der Waals surface area contributed by atoms with Crippen molar-refractivity contribution in [2.45, 2.75) is 47.1 Å². The van der Waals surface area contributed by atoms with Crippen molar-refractivity contribution in [2.24, 2.45) is 5.41 Å². The highest BCUT2D eigenvalue weighted by molar-refractivity contribution is 5.70. The van der Waals surface area contributed by atoms with Crippen molar-refractivity contribution in [3.05, 3.63) is 52.6 Å². The molecule has 2 aromatic rings. The highest BCUT2D eigenvalue weighted by atomic mass is 16.5. The molecule has 26 heavy (non-hydrogen) atoms. The predicted molar refractivity (Wildman–Crippen MR) is 104 cm³/mol. The van der Waals surface area contributed by atoms with Crippen LogP contribution in [0.4, 0.5) is 4.79 Å². The molecule has 0 aliphatic heterocycles. The number of rotatable bonds is 4. The van der Waals surface area contributed by atoms with Crippen LogP contribution in [-0.2, 0) is 6.42 Å². The molecule has 0 radical (unpaired) electrons. The summed E-state index contributed by atoms with van der Waals surface area (Å²) in [4.78, 5) is 11.2. The molecular formula is C22H27NO3. The lowest BCUT2D eigenvalue weighted by Gasteiger charge is -2.27. The molecule has 0 fully saturated rings. The summed E-state index contributed by atoms with van der Waals surface area (Å²) in [6.07, 6.45) is -0.117. The van der Waals surface area contributed by atoms with E-state index < -0.39 is 6.09 Å². The summed E-state index contributed by atoms with van der Waals surface area (Å²) in [5.41, 5.74) is 6.75. The summed E-state index contributed by atoms with van der Waals surface area (Å²) in [5, 5.41) is 11.9. The fourth-order valence-electron chi connectivity index (χ4n) is 4.12. The van der Waals surface area contributed by atoms with E-state index in [1.54, 1.807) is 0 Å². The lowest BCUT2D eigenvalue weighted by Crippen LogP contribution is -2.34. The maximum Gasteiger partial charge on any atom is 0.405 e. The highest BCUT2D eigenvalue weighted by Gasteiger charge is 2.40. The molecule has 1 aliphatic rings. The van der Waals surface area contributed by atoms with Gasteiger partial charge in [0.2, 0.25) is 0 Å². The average molecular weight is 353 g/mol. The lowest BCUT2D eigenvalue weighted by molar-refractivity contribution is 0.175. The Bertz CT molecular complexity index is 831. The van der Waals surface area contributed by atoms with Gasteiger partial charge in [-0.2, -0.15) is 0 Å². The maximum absolute atomic E-state index is 11.2. The molecule has 1 aliphatic carbocycles. The first-order valence-electron chi connectivity index (χ1n) is 9.09. The van der Waals surface area contributed by atoms with Gasteiger partial charge >= 0.3 is 6.09 Å². The molecule has 2 N–H and O–H groups in total. The summed E-state index contributed by atoms with van der Waals surface area (Å²) in [6, 6.07) is 10.5. The SMILES string of the molecule is CCOc1c(C)cc(-c2ccc3c(c2)CC(C)(C)[C@H]3NC(=O)O)cc1C. The van der Waals surface area contributed by atoms with Crippen molar-refractivity contribution in [3.63, 3.8) is 0 Å². The molecule has 0 spiro atoms. The van der Waals surface area contributed by atoms with E-state index in [1.807, 2.05) is 6.92 Å². The minimum atomic E-state index is -0.974. The molecule has 0 saturated carbocycles. The van der Waals surface area contributed by atoms with E-state index in [-0.39, 0.29) is 11.5 Å². The second kappa shape index (κ2) is 6.67. The Kier molecular flexibility index (Phi) is 4.70. The Morgan fingerprint density at radius 3 is 2.42 bits per heavy atom. The van der Waals surface area contributed by atoms with Gasteiger partial charge in [0.05, 0.1) is 12.6 Å². The van der Waals surface area contributed by atoms with Crippen LogP contribution in [0.15, 0.2) is 30.3 Å². The number of nitrogens with one attached hydrogen (secondary N) is 1. The maximum atomic E-state index is 11.2. The van der Waals surface area contributed by atoms with Gasteiger partial charge in [-0.1, -0.05) is 32.0 Å². The quantitative estimate of drug-likeness (QED) is 0.788. The molecule has 0 unspecified atom stereocenters. The molecule has 0 heterocycles. The van der Waals surface area contributed by atoms with E-state index in [0.717, 1.165) is 34.4 Å². The van der Waals surface area contributed by atoms with Crippen LogP contribution in [0.2, 0.25) is 0 Å². The van der Waals surface area contributed by atoms with E-state index in [4.69, 9.17) is 4.74 Å². The normalized spacial score (nSPS) is 17.7. The Balaban J connectivity index is 2.00. The van der Waals surface area contributed by atoms with Crippen molar-refractivity contribution in [3.8, 4) is 16.9 Å². The Labute approximate surface area is 155 Å². The molecule has 4 heteroatoms. The first-order chi connectivity index (χ1) is 12.2. The van der Waals surface area contributed by atoms with Gasteiger partial charge in [-0.25, -0.2) is 4.79 Å². The van der Waals surface area contributed by atoms with Gasteiger partial charge in [0, 0.05) is 0 Å². The molecule has 3 rings (SSSR count). The third-order valence-corrected chi connectivity index (χ3v) is 5.23. The molecular weight excluding hydrogens is 326 g/mol. The zero-order valence-electron chi connectivity index (χ0n) is 16.1. The molecule has 0 bridgehead atoms. The second-order valence-electron chi connectivity index (χ2n) is 7.83. The van der Waals surface area contributed by atoms with Gasteiger partial charge in [0.1, 0.15) is 5.75 Å². The van der Waals surface area contributed by atoms with E-state index in [9.17, 15) is 9.90 Å². The van der Waals surface area contributed by atoms with Crippen LogP contribution in [0.3, 0.4) is 0 Å². The molecule has 1 atom stereocenters. The van der Waals surface area contributed by atoms with Gasteiger partial charge in [0.15, 0.2) is 0 Å². The number of amides is 1. The van der Waals surface area contributed by atoms with Crippen molar-refractivity contribution in [1.29, 1.82) is 0 Å². The fraction of sp³-hybridized carbons (Fsp3) is 0.409. The topological polar surface area (TPSA) is 58.6 Å². The van der Waals surface area contributed by atoms with Crippen LogP contribution >= 0.6 is 0 Å². The lowest BCUT2D eigenvalue weighted by atomic mass is 9.85. The van der Waals surface area contributed by atoms with Crippen LogP contribution in [-0.4, -0.2) is 17.8 Å². The zero-order valence-corrected chi connectivity index (χ0v) is 16.1. The van der Waals surface area contributed by atoms with Crippen molar-refractivity contribution < 1.29 is 14.6 Å². The monoisotopic (exact) mass is 353 g/mol. The Hall–Kier alpha value is -2.49. The molecule has 138 valence electrons. The van der Waals surface area contributed by atoms with E-state index in [1.165, 1.54) is 11.1 Å². The predicted octanol–water partition coefficient (Wildman–Crippen LogP) is 5.26. The summed E-state index contributed by atoms with van der Waals surface area (Å²) in [5.74, 6) is 0.962. The molecule has 4 nitrogen and oxygen atoms in total. The van der Waals surface area contributed by atoms with Crippen molar-refractivity contribution in [1.82, 2.24) is 5.32 Å². The smallest absolute Gasteiger partial charge is 0.405 e. The highest BCUT2D eigenvalue weighted by Crippen LogP contribution is 2.46. The number of hydrogen-bond acceptors (Lipinski definition) is 2.